The zero-order chi connectivity index (χ0) is 10.1. The standard InChI is InChI=1S/C9H10N4O/c1-13-8(14)7(12-9(13)10)6-2-4-11-5-3-6/h2-5,7H,1H3,(H2,10,12). The second kappa shape index (κ2) is 3.10. The maximum Gasteiger partial charge on any atom is 0.258 e. The Bertz CT molecular complexity index is 387. The minimum absolute atomic E-state index is 0.103. The number of aliphatic imine (C=N–C) groups is 1. The van der Waals surface area contributed by atoms with Gasteiger partial charge in [0.05, 0.1) is 0 Å². The molecule has 14 heavy (non-hydrogen) atoms. The van der Waals surface area contributed by atoms with Crippen LogP contribution in [-0.2, 0) is 4.79 Å². The van der Waals surface area contributed by atoms with Crippen molar-refractivity contribution in [3.05, 3.63) is 30.1 Å². The highest BCUT2D eigenvalue weighted by molar-refractivity contribution is 6.04. The van der Waals surface area contributed by atoms with Crippen LogP contribution in [-0.4, -0.2) is 28.8 Å². The first-order valence-corrected chi connectivity index (χ1v) is 4.21. The van der Waals surface area contributed by atoms with Crippen LogP contribution in [0.25, 0.3) is 0 Å². The van der Waals surface area contributed by atoms with Gasteiger partial charge in [0.2, 0.25) is 0 Å². The summed E-state index contributed by atoms with van der Waals surface area (Å²) in [6, 6.07) is 3.03. The molecule has 5 heteroatoms. The molecule has 2 N–H and O–H groups in total. The molecule has 0 fully saturated rings. The lowest BCUT2D eigenvalue weighted by Gasteiger charge is -2.09. The van der Waals surface area contributed by atoms with Crippen molar-refractivity contribution in [1.82, 2.24) is 9.88 Å². The fraction of sp³-hybridized carbons (Fsp3) is 0.222. The molecule has 5 nitrogen and oxygen atoms in total. The van der Waals surface area contributed by atoms with Crippen molar-refractivity contribution in [2.75, 3.05) is 7.05 Å². The van der Waals surface area contributed by atoms with Gasteiger partial charge in [0, 0.05) is 19.4 Å². The maximum atomic E-state index is 11.6. The van der Waals surface area contributed by atoms with Crippen LogP contribution >= 0.6 is 0 Å². The van der Waals surface area contributed by atoms with E-state index in [2.05, 4.69) is 9.98 Å². The summed E-state index contributed by atoms with van der Waals surface area (Å²) in [5, 5.41) is 0. The van der Waals surface area contributed by atoms with Gasteiger partial charge in [-0.3, -0.25) is 14.7 Å². The number of carbonyl (C=O) groups excluding carboxylic acids is 1. The van der Waals surface area contributed by atoms with Crippen molar-refractivity contribution in [2.45, 2.75) is 6.04 Å². The summed E-state index contributed by atoms with van der Waals surface area (Å²) in [6.07, 6.45) is 3.26. The molecular weight excluding hydrogens is 180 g/mol. The fourth-order valence-corrected chi connectivity index (χ4v) is 1.33. The lowest BCUT2D eigenvalue weighted by molar-refractivity contribution is -0.126. The van der Waals surface area contributed by atoms with Crippen molar-refractivity contribution in [1.29, 1.82) is 0 Å². The Morgan fingerprint density at radius 2 is 2.07 bits per heavy atom. The van der Waals surface area contributed by atoms with E-state index in [1.165, 1.54) is 4.90 Å². The van der Waals surface area contributed by atoms with Crippen molar-refractivity contribution in [3.8, 4) is 0 Å². The smallest absolute Gasteiger partial charge is 0.258 e. The third kappa shape index (κ3) is 1.22. The predicted octanol–water partition coefficient (Wildman–Crippen LogP) is -0.0906. The van der Waals surface area contributed by atoms with E-state index in [4.69, 9.17) is 5.73 Å². The van der Waals surface area contributed by atoms with Gasteiger partial charge >= 0.3 is 0 Å². The average Bonchev–Trinajstić information content (AvgIpc) is 2.47. The van der Waals surface area contributed by atoms with Gasteiger partial charge in [0.15, 0.2) is 12.0 Å². The molecule has 0 bridgehead atoms. The minimum Gasteiger partial charge on any atom is -0.369 e. The lowest BCUT2D eigenvalue weighted by Crippen LogP contribution is -2.34. The van der Waals surface area contributed by atoms with E-state index in [0.717, 1.165) is 5.56 Å². The van der Waals surface area contributed by atoms with Gasteiger partial charge in [-0.05, 0) is 17.7 Å². The van der Waals surface area contributed by atoms with Gasteiger partial charge in [0.25, 0.3) is 5.91 Å². The van der Waals surface area contributed by atoms with Gasteiger partial charge in [0.1, 0.15) is 0 Å². The van der Waals surface area contributed by atoms with Gasteiger partial charge in [-0.2, -0.15) is 0 Å². The molecule has 2 heterocycles. The molecule has 0 radical (unpaired) electrons. The topological polar surface area (TPSA) is 71.6 Å². The zero-order valence-electron chi connectivity index (χ0n) is 7.71. The number of aromatic nitrogens is 1. The van der Waals surface area contributed by atoms with Crippen LogP contribution in [0.2, 0.25) is 0 Å². The lowest BCUT2D eigenvalue weighted by atomic mass is 10.1. The summed E-state index contributed by atoms with van der Waals surface area (Å²) < 4.78 is 0. The minimum atomic E-state index is -0.497. The van der Waals surface area contributed by atoms with E-state index in [9.17, 15) is 4.79 Å². The Hall–Kier alpha value is -1.91. The van der Waals surface area contributed by atoms with E-state index in [0.29, 0.717) is 0 Å². The molecule has 1 aliphatic rings. The molecule has 1 aliphatic heterocycles. The van der Waals surface area contributed by atoms with Crippen molar-refractivity contribution < 1.29 is 4.79 Å². The average molecular weight is 190 g/mol. The first kappa shape index (κ1) is 8.68. The highest BCUT2D eigenvalue weighted by Crippen LogP contribution is 2.23. The normalized spacial score (nSPS) is 21.2. The highest BCUT2D eigenvalue weighted by atomic mass is 16.2. The molecule has 0 aliphatic carbocycles. The molecule has 1 amide bonds. The fourth-order valence-electron chi connectivity index (χ4n) is 1.33. The number of carbonyl (C=O) groups is 1. The van der Waals surface area contributed by atoms with Gasteiger partial charge in [-0.15, -0.1) is 0 Å². The summed E-state index contributed by atoms with van der Waals surface area (Å²) in [7, 11) is 1.61. The number of amides is 1. The predicted molar refractivity (Wildman–Crippen MR) is 51.4 cm³/mol. The molecule has 0 spiro atoms. The highest BCUT2D eigenvalue weighted by Gasteiger charge is 2.31. The Labute approximate surface area is 81.3 Å². The van der Waals surface area contributed by atoms with E-state index >= 15 is 0 Å². The Balaban J connectivity index is 2.35. The van der Waals surface area contributed by atoms with Crippen molar-refractivity contribution >= 4 is 11.9 Å². The number of rotatable bonds is 1. The first-order valence-electron chi connectivity index (χ1n) is 4.21. The molecule has 1 aromatic heterocycles. The molecule has 72 valence electrons. The van der Waals surface area contributed by atoms with E-state index in [-0.39, 0.29) is 11.9 Å². The molecule has 0 saturated carbocycles. The second-order valence-electron chi connectivity index (χ2n) is 3.07. The summed E-state index contributed by atoms with van der Waals surface area (Å²) >= 11 is 0. The third-order valence-electron chi connectivity index (χ3n) is 2.19. The number of nitrogens with two attached hydrogens (primary N) is 1. The maximum absolute atomic E-state index is 11.6. The van der Waals surface area contributed by atoms with Crippen molar-refractivity contribution in [2.24, 2.45) is 10.7 Å². The van der Waals surface area contributed by atoms with Gasteiger partial charge in [-0.1, -0.05) is 0 Å². The van der Waals surface area contributed by atoms with Crippen LogP contribution in [0.3, 0.4) is 0 Å². The molecule has 1 unspecified atom stereocenters. The summed E-state index contributed by atoms with van der Waals surface area (Å²) in [5.74, 6) is 0.158. The molecular formula is C9H10N4O. The summed E-state index contributed by atoms with van der Waals surface area (Å²) in [6.45, 7) is 0. The van der Waals surface area contributed by atoms with Crippen LogP contribution in [0, 0.1) is 0 Å². The van der Waals surface area contributed by atoms with E-state index < -0.39 is 6.04 Å². The number of guanidine groups is 1. The van der Waals surface area contributed by atoms with Gasteiger partial charge < -0.3 is 5.73 Å². The number of pyridine rings is 1. The zero-order valence-corrected chi connectivity index (χ0v) is 7.71. The number of hydrogen-bond donors (Lipinski definition) is 1. The van der Waals surface area contributed by atoms with E-state index in [1.807, 2.05) is 0 Å². The van der Waals surface area contributed by atoms with Crippen LogP contribution < -0.4 is 5.73 Å². The summed E-state index contributed by atoms with van der Waals surface area (Å²) in [4.78, 5) is 20.9. The number of hydrogen-bond acceptors (Lipinski definition) is 4. The van der Waals surface area contributed by atoms with Crippen LogP contribution in [0.4, 0.5) is 0 Å². The van der Waals surface area contributed by atoms with Gasteiger partial charge in [-0.25, -0.2) is 4.99 Å². The SMILES string of the molecule is CN1C(=O)C(c2ccncc2)N=C1N. The van der Waals surface area contributed by atoms with Crippen molar-refractivity contribution in [3.63, 3.8) is 0 Å². The molecule has 1 atom stereocenters. The Morgan fingerprint density at radius 3 is 2.57 bits per heavy atom. The van der Waals surface area contributed by atoms with Crippen LogP contribution in [0.15, 0.2) is 29.5 Å². The molecule has 0 saturated heterocycles. The molecule has 0 aromatic carbocycles. The third-order valence-corrected chi connectivity index (χ3v) is 2.19. The van der Waals surface area contributed by atoms with E-state index in [1.54, 1.807) is 31.6 Å². The monoisotopic (exact) mass is 190 g/mol. The largest absolute Gasteiger partial charge is 0.369 e. The molecule has 2 rings (SSSR count). The number of likely N-dealkylation sites (N-methyl/N-ethyl adjacent to an activating group) is 1. The summed E-state index contributed by atoms with van der Waals surface area (Å²) in [5.41, 5.74) is 6.35. The van der Waals surface area contributed by atoms with Crippen LogP contribution in [0.1, 0.15) is 11.6 Å². The first-order chi connectivity index (χ1) is 6.70. The number of nitrogens with zero attached hydrogens (tertiary/aromatic N) is 3. The second-order valence-corrected chi connectivity index (χ2v) is 3.07. The Morgan fingerprint density at radius 1 is 1.43 bits per heavy atom. The molecule has 1 aromatic rings. The Kier molecular flexibility index (Phi) is 1.92. The quantitative estimate of drug-likeness (QED) is 0.672. The van der Waals surface area contributed by atoms with Crippen LogP contribution in [0.5, 0.6) is 0 Å².